The Hall–Kier alpha value is -3.12. The smallest absolute Gasteiger partial charge is 0.254 e. The van der Waals surface area contributed by atoms with Crippen molar-refractivity contribution in [2.75, 3.05) is 13.1 Å². The fraction of sp³-hybridized carbons (Fsp3) is 0.290. The second-order valence-corrected chi connectivity index (χ2v) is 10.2. The van der Waals surface area contributed by atoms with Crippen molar-refractivity contribution < 1.29 is 9.21 Å². The highest BCUT2D eigenvalue weighted by Gasteiger charge is 2.33. The van der Waals surface area contributed by atoms with Crippen LogP contribution >= 0.6 is 24.0 Å². The molecule has 1 unspecified atom stereocenters. The number of nitrogens with zero attached hydrogens (tertiary/aromatic N) is 1. The lowest BCUT2D eigenvalue weighted by molar-refractivity contribution is 0.0587. The predicted octanol–water partition coefficient (Wildman–Crippen LogP) is 6.96. The zero-order valence-corrected chi connectivity index (χ0v) is 23.5. The second-order valence-electron chi connectivity index (χ2n) is 9.77. The number of hydrogen-bond donors (Lipinski definition) is 1. The average Bonchev–Trinajstić information content (AvgIpc) is 2.88. The van der Waals surface area contributed by atoms with Gasteiger partial charge < -0.3 is 15.1 Å². The Labute approximate surface area is 235 Å². The minimum Gasteiger partial charge on any atom is -0.458 e. The van der Waals surface area contributed by atoms with Crippen molar-refractivity contribution in [2.24, 2.45) is 11.7 Å². The van der Waals surface area contributed by atoms with E-state index in [1.54, 1.807) is 18.2 Å². The number of amides is 1. The van der Waals surface area contributed by atoms with Crippen LogP contribution in [0.3, 0.4) is 0 Å². The molecule has 2 N–H and O–H groups in total. The third kappa shape index (κ3) is 6.47. The molecule has 0 saturated heterocycles. The molecule has 0 bridgehead atoms. The number of halogens is 2. The number of carbonyl (C=O) groups excluding carboxylic acids is 1. The van der Waals surface area contributed by atoms with Crippen molar-refractivity contribution in [1.82, 2.24) is 4.90 Å². The van der Waals surface area contributed by atoms with Crippen molar-refractivity contribution in [1.29, 1.82) is 0 Å². The van der Waals surface area contributed by atoms with Gasteiger partial charge in [-0.1, -0.05) is 73.5 Å². The molecule has 0 spiro atoms. The molecule has 0 aliphatic heterocycles. The maximum Gasteiger partial charge on any atom is 0.254 e. The van der Waals surface area contributed by atoms with Crippen LogP contribution in [-0.4, -0.2) is 23.9 Å². The minimum absolute atomic E-state index is 0. The quantitative estimate of drug-likeness (QED) is 0.243. The molecule has 3 aromatic carbocycles. The summed E-state index contributed by atoms with van der Waals surface area (Å²) in [5.41, 5.74) is 9.38. The molecule has 0 radical (unpaired) electrons. The van der Waals surface area contributed by atoms with E-state index in [1.165, 1.54) is 0 Å². The van der Waals surface area contributed by atoms with E-state index >= 15 is 0 Å². The van der Waals surface area contributed by atoms with Crippen LogP contribution in [0.25, 0.3) is 11.0 Å². The fourth-order valence-electron chi connectivity index (χ4n) is 4.72. The first-order chi connectivity index (χ1) is 17.8. The van der Waals surface area contributed by atoms with E-state index in [2.05, 4.69) is 0 Å². The Balaban J connectivity index is 0.00000400. The Morgan fingerprint density at radius 1 is 1.03 bits per heavy atom. The number of rotatable bonds is 9. The third-order valence-electron chi connectivity index (χ3n) is 6.60. The van der Waals surface area contributed by atoms with Crippen LogP contribution in [0.1, 0.15) is 59.1 Å². The van der Waals surface area contributed by atoms with Gasteiger partial charge in [0.1, 0.15) is 11.3 Å². The summed E-state index contributed by atoms with van der Waals surface area (Å²) in [7, 11) is 0. The largest absolute Gasteiger partial charge is 0.458 e. The lowest BCUT2D eigenvalue weighted by Crippen LogP contribution is -2.40. The number of fused-ring (bicyclic) bond motifs is 1. The predicted molar refractivity (Wildman–Crippen MR) is 157 cm³/mol. The van der Waals surface area contributed by atoms with Crippen LogP contribution in [0, 0.1) is 12.8 Å². The van der Waals surface area contributed by atoms with Gasteiger partial charge in [0.05, 0.1) is 11.4 Å². The van der Waals surface area contributed by atoms with Crippen molar-refractivity contribution >= 4 is 40.9 Å². The first-order valence-electron chi connectivity index (χ1n) is 12.7. The number of hydrogen-bond acceptors (Lipinski definition) is 4. The number of carbonyl (C=O) groups is 1. The third-order valence-corrected chi connectivity index (χ3v) is 6.84. The van der Waals surface area contributed by atoms with E-state index in [1.807, 2.05) is 80.3 Å². The molecular formula is C31H34Cl2N2O3. The highest BCUT2D eigenvalue weighted by atomic mass is 35.5. The van der Waals surface area contributed by atoms with Gasteiger partial charge in [-0.15, -0.1) is 12.4 Å². The topological polar surface area (TPSA) is 76.5 Å². The van der Waals surface area contributed by atoms with Gasteiger partial charge in [0.15, 0.2) is 5.43 Å². The van der Waals surface area contributed by atoms with Gasteiger partial charge in [-0.05, 0) is 55.6 Å². The van der Waals surface area contributed by atoms with Crippen LogP contribution in [0.5, 0.6) is 0 Å². The molecule has 1 heterocycles. The highest BCUT2D eigenvalue weighted by molar-refractivity contribution is 6.31. The van der Waals surface area contributed by atoms with Gasteiger partial charge >= 0.3 is 0 Å². The molecule has 5 nitrogen and oxygen atoms in total. The molecule has 1 amide bonds. The first kappa shape index (κ1) is 29.4. The molecule has 0 saturated carbocycles. The number of benzene rings is 3. The molecule has 0 aliphatic carbocycles. The maximum atomic E-state index is 13.9. The van der Waals surface area contributed by atoms with Crippen molar-refractivity contribution in [3.8, 4) is 0 Å². The van der Waals surface area contributed by atoms with Crippen LogP contribution in [0.15, 0.2) is 82.0 Å². The minimum atomic E-state index is -0.477. The monoisotopic (exact) mass is 552 g/mol. The fourth-order valence-corrected chi connectivity index (χ4v) is 4.89. The van der Waals surface area contributed by atoms with Gasteiger partial charge in [-0.3, -0.25) is 9.59 Å². The molecule has 0 aliphatic rings. The van der Waals surface area contributed by atoms with Crippen LogP contribution in [0.4, 0.5) is 0 Å². The Bertz CT molecular complexity index is 1430. The SMILES string of the molecule is Cc1ccc(C(=O)N(CCCN)C(c2oc3cc(Cl)ccc3c(=O)c2Cc2ccccc2)C(C)C)cc1.Cl. The second kappa shape index (κ2) is 13.1. The molecule has 0 fully saturated rings. The van der Waals surface area contributed by atoms with Crippen LogP contribution in [0.2, 0.25) is 5.02 Å². The maximum absolute atomic E-state index is 13.9. The molecule has 200 valence electrons. The first-order valence-corrected chi connectivity index (χ1v) is 13.0. The van der Waals surface area contributed by atoms with Gasteiger partial charge in [-0.2, -0.15) is 0 Å². The average molecular weight is 554 g/mol. The molecule has 4 aromatic rings. The Morgan fingerprint density at radius 3 is 2.34 bits per heavy atom. The molecule has 7 heteroatoms. The molecule has 38 heavy (non-hydrogen) atoms. The van der Waals surface area contributed by atoms with Crippen molar-refractivity contribution in [3.05, 3.63) is 116 Å². The summed E-state index contributed by atoms with van der Waals surface area (Å²) < 4.78 is 6.51. The van der Waals surface area contributed by atoms with Crippen LogP contribution < -0.4 is 11.2 Å². The van der Waals surface area contributed by atoms with Gasteiger partial charge in [0.25, 0.3) is 5.91 Å². The van der Waals surface area contributed by atoms with Crippen LogP contribution in [-0.2, 0) is 6.42 Å². The molecule has 4 rings (SSSR count). The van der Waals surface area contributed by atoms with E-state index in [4.69, 9.17) is 21.8 Å². The molecule has 1 atom stereocenters. The lowest BCUT2D eigenvalue weighted by Gasteiger charge is -2.35. The molecular weight excluding hydrogens is 519 g/mol. The van der Waals surface area contributed by atoms with Gasteiger partial charge in [-0.25, -0.2) is 0 Å². The van der Waals surface area contributed by atoms with Crippen molar-refractivity contribution in [3.63, 3.8) is 0 Å². The highest BCUT2D eigenvalue weighted by Crippen LogP contribution is 2.35. The summed E-state index contributed by atoms with van der Waals surface area (Å²) >= 11 is 6.27. The zero-order chi connectivity index (χ0) is 26.5. The van der Waals surface area contributed by atoms with Gasteiger partial charge in [0, 0.05) is 35.2 Å². The summed E-state index contributed by atoms with van der Waals surface area (Å²) in [6.45, 7) is 6.95. The summed E-state index contributed by atoms with van der Waals surface area (Å²) in [6, 6.07) is 21.9. The van der Waals surface area contributed by atoms with E-state index in [0.29, 0.717) is 58.8 Å². The van der Waals surface area contributed by atoms with Crippen molar-refractivity contribution in [2.45, 2.75) is 39.7 Å². The van der Waals surface area contributed by atoms with E-state index in [-0.39, 0.29) is 29.7 Å². The number of nitrogens with two attached hydrogens (primary N) is 1. The number of aryl methyl sites for hydroxylation is 1. The summed E-state index contributed by atoms with van der Waals surface area (Å²) in [6.07, 6.45) is 1.02. The Morgan fingerprint density at radius 2 is 1.71 bits per heavy atom. The summed E-state index contributed by atoms with van der Waals surface area (Å²) in [5, 5.41) is 0.953. The van der Waals surface area contributed by atoms with E-state index in [0.717, 1.165) is 11.1 Å². The Kier molecular flexibility index (Phi) is 10.1. The van der Waals surface area contributed by atoms with E-state index in [9.17, 15) is 9.59 Å². The van der Waals surface area contributed by atoms with E-state index < -0.39 is 6.04 Å². The summed E-state index contributed by atoms with van der Waals surface area (Å²) in [4.78, 5) is 29.6. The van der Waals surface area contributed by atoms with Gasteiger partial charge in [0.2, 0.25) is 0 Å². The summed E-state index contributed by atoms with van der Waals surface area (Å²) in [5.74, 6) is 0.337. The lowest BCUT2D eigenvalue weighted by atomic mass is 9.91. The zero-order valence-electron chi connectivity index (χ0n) is 21.9. The standard InChI is InChI=1S/C31H33ClN2O3.ClH/c1-20(2)28(34(17-7-16-33)31(36)23-12-10-21(3)11-13-23)30-26(18-22-8-5-4-6-9-22)29(35)25-15-14-24(32)19-27(25)37-30;/h4-6,8-15,19-20,28H,7,16-18,33H2,1-3H3;1H. The molecule has 1 aromatic heterocycles. The normalized spacial score (nSPS) is 11.8.